The molecule has 0 spiro atoms. The lowest BCUT2D eigenvalue weighted by atomic mass is 9.97. The van der Waals surface area contributed by atoms with Gasteiger partial charge >= 0.3 is 0 Å². The van der Waals surface area contributed by atoms with E-state index < -0.39 is 0 Å². The third-order valence-electron chi connectivity index (χ3n) is 2.62. The standard InChI is InChI=1S/C9H20N2O/c1-8-7-11(5-2-4-10)6-3-9(8)12/h8-9,12H,2-7,10H2,1H3/t8-,9-/m0/s1. The van der Waals surface area contributed by atoms with Crippen molar-refractivity contribution in [1.29, 1.82) is 0 Å². The third-order valence-corrected chi connectivity index (χ3v) is 2.62. The van der Waals surface area contributed by atoms with Crippen LogP contribution >= 0.6 is 0 Å². The van der Waals surface area contributed by atoms with E-state index >= 15 is 0 Å². The van der Waals surface area contributed by atoms with Crippen LogP contribution in [0.3, 0.4) is 0 Å². The van der Waals surface area contributed by atoms with Gasteiger partial charge in [-0.25, -0.2) is 0 Å². The van der Waals surface area contributed by atoms with E-state index in [1.54, 1.807) is 0 Å². The normalized spacial score (nSPS) is 32.2. The minimum atomic E-state index is -0.0841. The van der Waals surface area contributed by atoms with Crippen LogP contribution in [0.4, 0.5) is 0 Å². The number of piperidine rings is 1. The van der Waals surface area contributed by atoms with Crippen molar-refractivity contribution < 1.29 is 5.11 Å². The Morgan fingerprint density at radius 1 is 1.58 bits per heavy atom. The van der Waals surface area contributed by atoms with Gasteiger partial charge in [0, 0.05) is 13.1 Å². The second kappa shape index (κ2) is 4.80. The van der Waals surface area contributed by atoms with Crippen LogP contribution in [0.1, 0.15) is 19.8 Å². The van der Waals surface area contributed by atoms with Crippen LogP contribution in [0.15, 0.2) is 0 Å². The van der Waals surface area contributed by atoms with Gasteiger partial charge in [-0.2, -0.15) is 0 Å². The van der Waals surface area contributed by atoms with E-state index in [4.69, 9.17) is 5.73 Å². The molecule has 1 aliphatic heterocycles. The van der Waals surface area contributed by atoms with Gasteiger partial charge in [0.15, 0.2) is 0 Å². The second-order valence-electron chi connectivity index (χ2n) is 3.78. The summed E-state index contributed by atoms with van der Waals surface area (Å²) in [5.41, 5.74) is 5.43. The molecule has 1 rings (SSSR count). The third kappa shape index (κ3) is 2.73. The molecule has 1 fully saturated rings. The number of aliphatic hydroxyl groups is 1. The first kappa shape index (κ1) is 9.96. The van der Waals surface area contributed by atoms with Crippen LogP contribution < -0.4 is 5.73 Å². The number of nitrogens with two attached hydrogens (primary N) is 1. The fourth-order valence-corrected chi connectivity index (χ4v) is 1.74. The van der Waals surface area contributed by atoms with Crippen molar-refractivity contribution >= 4 is 0 Å². The van der Waals surface area contributed by atoms with Crippen LogP contribution in [-0.4, -0.2) is 42.3 Å². The van der Waals surface area contributed by atoms with E-state index in [0.29, 0.717) is 5.92 Å². The SMILES string of the molecule is C[C@H]1CN(CCCN)CC[C@@H]1O. The minimum absolute atomic E-state index is 0.0841. The Morgan fingerprint density at radius 3 is 2.92 bits per heavy atom. The highest BCUT2D eigenvalue weighted by Crippen LogP contribution is 2.16. The van der Waals surface area contributed by atoms with Crippen LogP contribution in [0, 0.1) is 5.92 Å². The van der Waals surface area contributed by atoms with Crippen LogP contribution in [0.5, 0.6) is 0 Å². The molecule has 0 aromatic carbocycles. The summed E-state index contributed by atoms with van der Waals surface area (Å²) in [6, 6.07) is 0. The summed E-state index contributed by atoms with van der Waals surface area (Å²) in [5, 5.41) is 9.47. The van der Waals surface area contributed by atoms with E-state index in [1.807, 2.05) is 0 Å². The Labute approximate surface area is 74.5 Å². The molecule has 0 aromatic heterocycles. The molecule has 3 N–H and O–H groups in total. The Morgan fingerprint density at radius 2 is 2.33 bits per heavy atom. The summed E-state index contributed by atoms with van der Waals surface area (Å²) < 4.78 is 0. The number of rotatable bonds is 3. The topological polar surface area (TPSA) is 49.5 Å². The monoisotopic (exact) mass is 172 g/mol. The van der Waals surface area contributed by atoms with Gasteiger partial charge in [0.1, 0.15) is 0 Å². The zero-order valence-corrected chi connectivity index (χ0v) is 7.87. The summed E-state index contributed by atoms with van der Waals surface area (Å²) in [4.78, 5) is 2.39. The summed E-state index contributed by atoms with van der Waals surface area (Å²) in [5.74, 6) is 0.427. The molecule has 3 nitrogen and oxygen atoms in total. The van der Waals surface area contributed by atoms with Crippen LogP contribution in [0.25, 0.3) is 0 Å². The van der Waals surface area contributed by atoms with E-state index in [-0.39, 0.29) is 6.10 Å². The smallest absolute Gasteiger partial charge is 0.0590 e. The van der Waals surface area contributed by atoms with Crippen molar-refractivity contribution in [2.24, 2.45) is 11.7 Å². The van der Waals surface area contributed by atoms with E-state index in [1.165, 1.54) is 0 Å². The van der Waals surface area contributed by atoms with E-state index in [9.17, 15) is 5.11 Å². The Kier molecular flexibility index (Phi) is 3.98. The summed E-state index contributed by atoms with van der Waals surface area (Å²) in [6.07, 6.45) is 1.91. The highest BCUT2D eigenvalue weighted by molar-refractivity contribution is 4.76. The molecule has 72 valence electrons. The van der Waals surface area contributed by atoms with Crippen LogP contribution in [0.2, 0.25) is 0 Å². The fraction of sp³-hybridized carbons (Fsp3) is 1.00. The summed E-state index contributed by atoms with van der Waals surface area (Å²) in [6.45, 7) is 6.03. The van der Waals surface area contributed by atoms with E-state index in [2.05, 4.69) is 11.8 Å². The highest BCUT2D eigenvalue weighted by atomic mass is 16.3. The molecule has 0 amide bonds. The highest BCUT2D eigenvalue weighted by Gasteiger charge is 2.23. The zero-order chi connectivity index (χ0) is 8.97. The molecular weight excluding hydrogens is 152 g/mol. The average Bonchev–Trinajstić information content (AvgIpc) is 2.07. The number of hydrogen-bond donors (Lipinski definition) is 2. The van der Waals surface area contributed by atoms with Crippen molar-refractivity contribution in [2.45, 2.75) is 25.9 Å². The van der Waals surface area contributed by atoms with Gasteiger partial charge in [-0.05, 0) is 31.8 Å². The molecule has 0 radical (unpaired) electrons. The maximum Gasteiger partial charge on any atom is 0.0590 e. The van der Waals surface area contributed by atoms with Gasteiger partial charge in [-0.15, -0.1) is 0 Å². The molecule has 2 atom stereocenters. The predicted octanol–water partition coefficient (Wildman–Crippen LogP) is 0.0379. The zero-order valence-electron chi connectivity index (χ0n) is 7.87. The maximum absolute atomic E-state index is 9.47. The average molecular weight is 172 g/mol. The number of nitrogens with zero attached hydrogens (tertiary/aromatic N) is 1. The molecule has 1 saturated heterocycles. The molecule has 0 saturated carbocycles. The minimum Gasteiger partial charge on any atom is -0.393 e. The van der Waals surface area contributed by atoms with Crippen molar-refractivity contribution in [1.82, 2.24) is 4.90 Å². The molecule has 1 heterocycles. The molecule has 0 bridgehead atoms. The maximum atomic E-state index is 9.47. The number of likely N-dealkylation sites (tertiary alicyclic amines) is 1. The molecule has 0 aliphatic carbocycles. The van der Waals surface area contributed by atoms with Crippen molar-refractivity contribution in [2.75, 3.05) is 26.2 Å². The lowest BCUT2D eigenvalue weighted by Crippen LogP contribution is -2.42. The first-order valence-electron chi connectivity index (χ1n) is 4.84. The molecule has 3 heteroatoms. The second-order valence-corrected chi connectivity index (χ2v) is 3.78. The number of aliphatic hydroxyl groups excluding tert-OH is 1. The first-order valence-corrected chi connectivity index (χ1v) is 4.84. The first-order chi connectivity index (χ1) is 5.74. The van der Waals surface area contributed by atoms with Crippen molar-refractivity contribution in [3.8, 4) is 0 Å². The van der Waals surface area contributed by atoms with Crippen molar-refractivity contribution in [3.63, 3.8) is 0 Å². The molecule has 0 aromatic rings. The van der Waals surface area contributed by atoms with Gasteiger partial charge in [-0.1, -0.05) is 6.92 Å². The van der Waals surface area contributed by atoms with Gasteiger partial charge in [-0.3, -0.25) is 0 Å². The molecule has 12 heavy (non-hydrogen) atoms. The van der Waals surface area contributed by atoms with Gasteiger partial charge in [0.2, 0.25) is 0 Å². The lowest BCUT2D eigenvalue weighted by molar-refractivity contribution is 0.0350. The Hall–Kier alpha value is -0.120. The summed E-state index contributed by atoms with van der Waals surface area (Å²) in [7, 11) is 0. The fourth-order valence-electron chi connectivity index (χ4n) is 1.74. The molecule has 1 aliphatic rings. The summed E-state index contributed by atoms with van der Waals surface area (Å²) >= 11 is 0. The van der Waals surface area contributed by atoms with Gasteiger partial charge in [0.05, 0.1) is 6.10 Å². The Bertz CT molecular complexity index is 128. The number of hydrogen-bond acceptors (Lipinski definition) is 3. The van der Waals surface area contributed by atoms with Gasteiger partial charge < -0.3 is 15.7 Å². The largest absolute Gasteiger partial charge is 0.393 e. The molecule has 0 unspecified atom stereocenters. The predicted molar refractivity (Wildman–Crippen MR) is 49.9 cm³/mol. The van der Waals surface area contributed by atoms with Crippen LogP contribution in [-0.2, 0) is 0 Å². The van der Waals surface area contributed by atoms with E-state index in [0.717, 1.165) is 39.0 Å². The lowest BCUT2D eigenvalue weighted by Gasteiger charge is -2.34. The quantitative estimate of drug-likeness (QED) is 0.632. The van der Waals surface area contributed by atoms with Crippen molar-refractivity contribution in [3.05, 3.63) is 0 Å². The van der Waals surface area contributed by atoms with Gasteiger partial charge in [0.25, 0.3) is 0 Å². The Balaban J connectivity index is 2.21. The molecular formula is C9H20N2O.